The molecule has 0 bridgehead atoms. The number of hydrazine groups is 1. The molecule has 0 saturated carbocycles. The Morgan fingerprint density at radius 1 is 1.11 bits per heavy atom. The minimum absolute atomic E-state index is 0. The Balaban J connectivity index is 0.000000640. The number of para-hydroxylation sites is 1. The van der Waals surface area contributed by atoms with Crippen molar-refractivity contribution in [1.29, 1.82) is 0 Å². The number of benzene rings is 1. The van der Waals surface area contributed by atoms with Crippen LogP contribution < -0.4 is 11.3 Å². The number of hydrogen-bond acceptors (Lipinski definition) is 2. The molecule has 3 N–H and O–H groups in total. The van der Waals surface area contributed by atoms with Crippen molar-refractivity contribution < 1.29 is 0 Å². The molecule has 0 spiro atoms. The van der Waals surface area contributed by atoms with Crippen molar-refractivity contribution in [1.82, 2.24) is 0 Å². The van der Waals surface area contributed by atoms with Crippen molar-refractivity contribution in [2.45, 2.75) is 0 Å². The molecule has 0 aromatic heterocycles. The Kier molecular flexibility index (Phi) is 4.81. The first-order valence-electron chi connectivity index (χ1n) is 2.45. The van der Waals surface area contributed by atoms with Gasteiger partial charge < -0.3 is 5.43 Å². The predicted molar refractivity (Wildman–Crippen MR) is 40.0 cm³/mol. The van der Waals surface area contributed by atoms with Crippen molar-refractivity contribution in [3.05, 3.63) is 30.3 Å². The third kappa shape index (κ3) is 2.87. The monoisotopic (exact) mass is 131 g/mol. The number of anilines is 1. The summed E-state index contributed by atoms with van der Waals surface area (Å²) < 4.78 is 0. The van der Waals surface area contributed by atoms with E-state index in [1.54, 1.807) is 0 Å². The van der Waals surface area contributed by atoms with Gasteiger partial charge in [-0.2, -0.15) is 0 Å². The second-order valence-electron chi connectivity index (χ2n) is 1.51. The standard InChI is InChI=1S/C6H8N2.Na/c7-8-6-4-2-1-3-5-6;/h1-5,8H,7H2;. The molecule has 0 aliphatic rings. The van der Waals surface area contributed by atoms with E-state index in [4.69, 9.17) is 5.84 Å². The zero-order valence-electron chi connectivity index (χ0n) is 5.46. The van der Waals surface area contributed by atoms with Crippen molar-refractivity contribution in [2.75, 3.05) is 5.43 Å². The third-order valence-corrected chi connectivity index (χ3v) is 0.940. The van der Waals surface area contributed by atoms with Gasteiger partial charge in [-0.3, -0.25) is 5.84 Å². The molecule has 1 radical (unpaired) electrons. The summed E-state index contributed by atoms with van der Waals surface area (Å²) >= 11 is 0. The van der Waals surface area contributed by atoms with Crippen LogP contribution in [0.1, 0.15) is 0 Å². The molecule has 1 aromatic rings. The molecule has 3 heteroatoms. The summed E-state index contributed by atoms with van der Waals surface area (Å²) in [6.07, 6.45) is 0. The van der Waals surface area contributed by atoms with Gasteiger partial charge in [0.15, 0.2) is 0 Å². The second kappa shape index (κ2) is 4.82. The molecule has 0 atom stereocenters. The van der Waals surface area contributed by atoms with E-state index in [2.05, 4.69) is 5.43 Å². The van der Waals surface area contributed by atoms with E-state index in [1.165, 1.54) is 0 Å². The van der Waals surface area contributed by atoms with Crippen LogP contribution >= 0.6 is 0 Å². The van der Waals surface area contributed by atoms with Crippen molar-refractivity contribution in [3.8, 4) is 0 Å². The summed E-state index contributed by atoms with van der Waals surface area (Å²) in [5.41, 5.74) is 3.46. The molecule has 0 fully saturated rings. The van der Waals surface area contributed by atoms with E-state index in [0.717, 1.165) is 5.69 Å². The van der Waals surface area contributed by atoms with Gasteiger partial charge in [0.05, 0.1) is 0 Å². The van der Waals surface area contributed by atoms with Crippen molar-refractivity contribution >= 4 is 35.2 Å². The number of nitrogens with one attached hydrogen (secondary N) is 1. The Hall–Kier alpha value is -0.0200. The minimum atomic E-state index is 0. The predicted octanol–water partition coefficient (Wildman–Crippen LogP) is 0.591. The Morgan fingerprint density at radius 2 is 1.67 bits per heavy atom. The zero-order valence-corrected chi connectivity index (χ0v) is 7.46. The van der Waals surface area contributed by atoms with E-state index in [9.17, 15) is 0 Å². The van der Waals surface area contributed by atoms with E-state index in [0.29, 0.717) is 0 Å². The number of rotatable bonds is 1. The summed E-state index contributed by atoms with van der Waals surface area (Å²) in [5, 5.41) is 0. The Bertz CT molecular complexity index is 152. The number of nitrogens with two attached hydrogens (primary N) is 1. The van der Waals surface area contributed by atoms with Gasteiger partial charge >= 0.3 is 0 Å². The van der Waals surface area contributed by atoms with Gasteiger partial charge in [0.2, 0.25) is 0 Å². The van der Waals surface area contributed by atoms with Crippen LogP contribution in [0.3, 0.4) is 0 Å². The van der Waals surface area contributed by atoms with Crippen LogP contribution in [-0.4, -0.2) is 29.6 Å². The van der Waals surface area contributed by atoms with Crippen LogP contribution in [0.5, 0.6) is 0 Å². The van der Waals surface area contributed by atoms with Gasteiger partial charge in [0.1, 0.15) is 0 Å². The summed E-state index contributed by atoms with van der Waals surface area (Å²) in [4.78, 5) is 0. The molecule has 9 heavy (non-hydrogen) atoms. The van der Waals surface area contributed by atoms with Gasteiger partial charge in [-0.1, -0.05) is 18.2 Å². The van der Waals surface area contributed by atoms with E-state index >= 15 is 0 Å². The summed E-state index contributed by atoms with van der Waals surface area (Å²) in [6, 6.07) is 9.60. The maximum absolute atomic E-state index is 5.10. The maximum atomic E-state index is 5.10. The zero-order chi connectivity index (χ0) is 5.82. The molecule has 1 rings (SSSR count). The molecule has 0 aliphatic heterocycles. The van der Waals surface area contributed by atoms with E-state index in [-0.39, 0.29) is 29.6 Å². The first kappa shape index (κ1) is 8.98. The van der Waals surface area contributed by atoms with Crippen LogP contribution in [0.15, 0.2) is 30.3 Å². The van der Waals surface area contributed by atoms with Gasteiger partial charge in [0, 0.05) is 35.2 Å². The average Bonchev–Trinajstić information content (AvgIpc) is 1.90. The van der Waals surface area contributed by atoms with Crippen molar-refractivity contribution in [2.24, 2.45) is 5.84 Å². The Morgan fingerprint density at radius 3 is 2.00 bits per heavy atom. The van der Waals surface area contributed by atoms with Gasteiger partial charge in [-0.05, 0) is 12.1 Å². The van der Waals surface area contributed by atoms with Crippen LogP contribution in [0, 0.1) is 0 Å². The SMILES string of the molecule is NNc1ccccc1.[Na]. The largest absolute Gasteiger partial charge is 0.324 e. The van der Waals surface area contributed by atoms with Crippen LogP contribution in [-0.2, 0) is 0 Å². The van der Waals surface area contributed by atoms with Gasteiger partial charge in [-0.15, -0.1) is 0 Å². The van der Waals surface area contributed by atoms with Crippen molar-refractivity contribution in [3.63, 3.8) is 0 Å². The molecular formula is C6H8N2Na. The molecule has 2 nitrogen and oxygen atoms in total. The van der Waals surface area contributed by atoms with E-state index in [1.807, 2.05) is 30.3 Å². The summed E-state index contributed by atoms with van der Waals surface area (Å²) in [7, 11) is 0. The molecule has 0 amide bonds. The molecule has 0 aliphatic carbocycles. The summed E-state index contributed by atoms with van der Waals surface area (Å²) in [6.45, 7) is 0. The van der Waals surface area contributed by atoms with Gasteiger partial charge in [-0.25, -0.2) is 0 Å². The molecular weight excluding hydrogens is 123 g/mol. The minimum Gasteiger partial charge on any atom is -0.324 e. The molecule has 0 saturated heterocycles. The topological polar surface area (TPSA) is 38.0 Å². The van der Waals surface area contributed by atoms with Crippen LogP contribution in [0.25, 0.3) is 0 Å². The number of hydrogen-bond donors (Lipinski definition) is 2. The molecule has 0 unspecified atom stereocenters. The fraction of sp³-hybridized carbons (Fsp3) is 0. The normalized spacial score (nSPS) is 7.67. The van der Waals surface area contributed by atoms with Crippen LogP contribution in [0.2, 0.25) is 0 Å². The van der Waals surface area contributed by atoms with E-state index < -0.39 is 0 Å². The maximum Gasteiger partial charge on any atom is 0.0485 e. The fourth-order valence-corrected chi connectivity index (χ4v) is 0.534. The quantitative estimate of drug-likeness (QED) is 0.332. The molecule has 1 aromatic carbocycles. The number of nitrogen functional groups attached to an aromatic ring is 1. The van der Waals surface area contributed by atoms with Crippen LogP contribution in [0.4, 0.5) is 5.69 Å². The second-order valence-corrected chi connectivity index (χ2v) is 1.51. The smallest absolute Gasteiger partial charge is 0.0485 e. The third-order valence-electron chi connectivity index (χ3n) is 0.940. The van der Waals surface area contributed by atoms with Gasteiger partial charge in [0.25, 0.3) is 0 Å². The molecule has 43 valence electrons. The average molecular weight is 131 g/mol. The fourth-order valence-electron chi connectivity index (χ4n) is 0.534. The first-order chi connectivity index (χ1) is 3.93. The first-order valence-corrected chi connectivity index (χ1v) is 2.45. The molecule has 0 heterocycles. The Labute approximate surface area is 76.7 Å². The summed E-state index contributed by atoms with van der Waals surface area (Å²) in [5.74, 6) is 5.10.